The van der Waals surface area contributed by atoms with Gasteiger partial charge in [0.1, 0.15) is 0 Å². The minimum atomic E-state index is 0. The number of aromatic nitrogens is 2. The minimum absolute atomic E-state index is 0. The molecule has 0 radical (unpaired) electrons. The Hall–Kier alpha value is -1.85. The Labute approximate surface area is 167 Å². The molecule has 0 aliphatic carbocycles. The number of benzene rings is 2. The van der Waals surface area contributed by atoms with Crippen LogP contribution in [0.15, 0.2) is 67.0 Å². The van der Waals surface area contributed by atoms with Crippen LogP contribution in [0.25, 0.3) is 5.69 Å². The molecule has 0 saturated carbocycles. The summed E-state index contributed by atoms with van der Waals surface area (Å²) in [6.45, 7) is 2.54. The van der Waals surface area contributed by atoms with Gasteiger partial charge in [-0.1, -0.05) is 36.4 Å². The van der Waals surface area contributed by atoms with Crippen molar-refractivity contribution in [2.75, 3.05) is 13.6 Å². The van der Waals surface area contributed by atoms with Crippen LogP contribution >= 0.6 is 24.8 Å². The van der Waals surface area contributed by atoms with Gasteiger partial charge in [0, 0.05) is 25.5 Å². The molecule has 26 heavy (non-hydrogen) atoms. The number of hydrogen-bond donors (Lipinski definition) is 1. The van der Waals surface area contributed by atoms with Gasteiger partial charge in [0.15, 0.2) is 0 Å². The summed E-state index contributed by atoms with van der Waals surface area (Å²) in [5.74, 6) is 0. The fourth-order valence-corrected chi connectivity index (χ4v) is 2.91. The van der Waals surface area contributed by atoms with Crippen LogP contribution in [0.5, 0.6) is 0 Å². The highest BCUT2D eigenvalue weighted by Crippen LogP contribution is 2.13. The lowest BCUT2D eigenvalue weighted by Gasteiger charge is -2.17. The fraction of sp³-hybridized carbons (Fsp3) is 0.250. The average Bonchev–Trinajstić information content (AvgIpc) is 3.10. The van der Waals surface area contributed by atoms with E-state index in [4.69, 9.17) is 5.73 Å². The first-order chi connectivity index (χ1) is 11.7. The third-order valence-corrected chi connectivity index (χ3v) is 4.03. The Balaban J connectivity index is 0.00000169. The molecule has 2 aromatic carbocycles. The van der Waals surface area contributed by atoms with Gasteiger partial charge in [0.2, 0.25) is 0 Å². The summed E-state index contributed by atoms with van der Waals surface area (Å²) in [6.07, 6.45) is 4.68. The van der Waals surface area contributed by atoms with Crippen LogP contribution < -0.4 is 5.73 Å². The SMILES string of the molecule is CN(Cc1ccc(-n2cccn2)cc1)Cc1cccc(CCN)c1.Cl.Cl. The number of halogens is 2. The molecule has 0 aliphatic rings. The Kier molecular flexibility index (Phi) is 9.38. The minimum Gasteiger partial charge on any atom is -0.330 e. The lowest BCUT2D eigenvalue weighted by atomic mass is 10.1. The van der Waals surface area contributed by atoms with E-state index in [-0.39, 0.29) is 24.8 Å². The molecule has 140 valence electrons. The summed E-state index contributed by atoms with van der Waals surface area (Å²) in [6, 6.07) is 19.2. The molecule has 0 saturated heterocycles. The van der Waals surface area contributed by atoms with Crippen molar-refractivity contribution in [1.29, 1.82) is 0 Å². The summed E-state index contributed by atoms with van der Waals surface area (Å²) in [7, 11) is 2.15. The first kappa shape index (κ1) is 22.2. The highest BCUT2D eigenvalue weighted by Gasteiger charge is 2.04. The van der Waals surface area contributed by atoms with Crippen LogP contribution in [0.3, 0.4) is 0 Å². The number of nitrogens with two attached hydrogens (primary N) is 1. The zero-order valence-electron chi connectivity index (χ0n) is 14.9. The van der Waals surface area contributed by atoms with E-state index in [9.17, 15) is 0 Å². The van der Waals surface area contributed by atoms with Gasteiger partial charge in [0.25, 0.3) is 0 Å². The first-order valence-electron chi connectivity index (χ1n) is 8.30. The van der Waals surface area contributed by atoms with E-state index in [1.165, 1.54) is 16.7 Å². The van der Waals surface area contributed by atoms with Gasteiger partial charge in [-0.3, -0.25) is 4.90 Å². The van der Waals surface area contributed by atoms with E-state index in [0.29, 0.717) is 6.54 Å². The van der Waals surface area contributed by atoms with Crippen LogP contribution in [0, 0.1) is 0 Å². The summed E-state index contributed by atoms with van der Waals surface area (Å²) in [4.78, 5) is 2.32. The van der Waals surface area contributed by atoms with Crippen LogP contribution in [-0.4, -0.2) is 28.3 Å². The Morgan fingerprint density at radius 1 is 0.923 bits per heavy atom. The maximum absolute atomic E-state index is 5.64. The second kappa shape index (κ2) is 11.0. The predicted molar refractivity (Wildman–Crippen MR) is 112 cm³/mol. The van der Waals surface area contributed by atoms with Crippen molar-refractivity contribution in [1.82, 2.24) is 14.7 Å². The molecule has 4 nitrogen and oxygen atoms in total. The van der Waals surface area contributed by atoms with Gasteiger partial charge in [-0.25, -0.2) is 4.68 Å². The molecule has 0 atom stereocenters. The predicted octanol–water partition coefficient (Wildman–Crippen LogP) is 3.85. The van der Waals surface area contributed by atoms with Crippen LogP contribution in [-0.2, 0) is 19.5 Å². The molecule has 2 N–H and O–H groups in total. The first-order valence-corrected chi connectivity index (χ1v) is 8.30. The van der Waals surface area contributed by atoms with Gasteiger partial charge in [-0.15, -0.1) is 24.8 Å². The summed E-state index contributed by atoms with van der Waals surface area (Å²) in [5, 5.41) is 4.25. The molecule has 3 aromatic rings. The smallest absolute Gasteiger partial charge is 0.0645 e. The van der Waals surface area contributed by atoms with E-state index < -0.39 is 0 Å². The number of nitrogens with zero attached hydrogens (tertiary/aromatic N) is 3. The Morgan fingerprint density at radius 3 is 2.27 bits per heavy atom. The molecule has 1 heterocycles. The highest BCUT2D eigenvalue weighted by atomic mass is 35.5. The third kappa shape index (κ3) is 6.15. The van der Waals surface area contributed by atoms with E-state index in [2.05, 4.69) is 65.6 Å². The van der Waals surface area contributed by atoms with Crippen molar-refractivity contribution in [3.05, 3.63) is 83.7 Å². The lowest BCUT2D eigenvalue weighted by Crippen LogP contribution is -2.17. The van der Waals surface area contributed by atoms with E-state index in [0.717, 1.165) is 25.2 Å². The molecular formula is C20H26Cl2N4. The molecule has 0 bridgehead atoms. The molecule has 6 heteroatoms. The highest BCUT2D eigenvalue weighted by molar-refractivity contribution is 5.85. The summed E-state index contributed by atoms with van der Waals surface area (Å²) in [5.41, 5.74) is 10.7. The zero-order valence-corrected chi connectivity index (χ0v) is 16.5. The Bertz CT molecular complexity index is 758. The van der Waals surface area contributed by atoms with Crippen molar-refractivity contribution in [2.45, 2.75) is 19.5 Å². The third-order valence-electron chi connectivity index (χ3n) is 4.03. The molecule has 3 rings (SSSR count). The average molecular weight is 393 g/mol. The topological polar surface area (TPSA) is 47.1 Å². The van der Waals surface area contributed by atoms with Crippen LogP contribution in [0.2, 0.25) is 0 Å². The van der Waals surface area contributed by atoms with Crippen molar-refractivity contribution >= 4 is 24.8 Å². The Morgan fingerprint density at radius 2 is 1.62 bits per heavy atom. The van der Waals surface area contributed by atoms with Gasteiger partial charge < -0.3 is 5.73 Å². The van der Waals surface area contributed by atoms with Gasteiger partial charge >= 0.3 is 0 Å². The number of hydrogen-bond acceptors (Lipinski definition) is 3. The number of rotatable bonds is 7. The molecule has 0 unspecified atom stereocenters. The molecular weight excluding hydrogens is 367 g/mol. The molecule has 1 aromatic heterocycles. The second-order valence-electron chi connectivity index (χ2n) is 6.15. The maximum atomic E-state index is 5.64. The van der Waals surface area contributed by atoms with E-state index in [1.807, 2.05) is 16.9 Å². The van der Waals surface area contributed by atoms with Crippen molar-refractivity contribution in [3.8, 4) is 5.69 Å². The summed E-state index contributed by atoms with van der Waals surface area (Å²) >= 11 is 0. The molecule has 0 aliphatic heterocycles. The molecule has 0 spiro atoms. The summed E-state index contributed by atoms with van der Waals surface area (Å²) < 4.78 is 1.87. The maximum Gasteiger partial charge on any atom is 0.0645 e. The molecule has 0 fully saturated rings. The van der Waals surface area contributed by atoms with Gasteiger partial charge in [-0.05, 0) is 54.9 Å². The molecule has 0 amide bonds. The zero-order chi connectivity index (χ0) is 16.8. The van der Waals surface area contributed by atoms with E-state index >= 15 is 0 Å². The van der Waals surface area contributed by atoms with E-state index in [1.54, 1.807) is 6.20 Å². The van der Waals surface area contributed by atoms with Gasteiger partial charge in [0.05, 0.1) is 5.69 Å². The fourth-order valence-electron chi connectivity index (χ4n) is 2.91. The van der Waals surface area contributed by atoms with Crippen molar-refractivity contribution in [2.24, 2.45) is 5.73 Å². The normalized spacial score (nSPS) is 10.3. The van der Waals surface area contributed by atoms with Crippen molar-refractivity contribution < 1.29 is 0 Å². The van der Waals surface area contributed by atoms with Crippen LogP contribution in [0.1, 0.15) is 16.7 Å². The monoisotopic (exact) mass is 392 g/mol. The van der Waals surface area contributed by atoms with Crippen LogP contribution in [0.4, 0.5) is 0 Å². The lowest BCUT2D eigenvalue weighted by molar-refractivity contribution is 0.319. The quantitative estimate of drug-likeness (QED) is 0.663. The van der Waals surface area contributed by atoms with Gasteiger partial charge in [-0.2, -0.15) is 5.10 Å². The van der Waals surface area contributed by atoms with Crippen molar-refractivity contribution in [3.63, 3.8) is 0 Å². The standard InChI is InChI=1S/C20H24N4.2ClH/c1-23(16-19-5-2-4-17(14-19)10-11-21)15-18-6-8-20(9-7-18)24-13-3-12-22-24;;/h2-9,12-14H,10-11,15-16,21H2,1H3;2*1H. The largest absolute Gasteiger partial charge is 0.330 e. The second-order valence-corrected chi connectivity index (χ2v) is 6.15.